The number of fused-ring (bicyclic) bond motifs is 1. The zero-order valence-corrected chi connectivity index (χ0v) is 11.1. The molecular formula is C15H19NO2. The molecule has 0 aliphatic rings. The molecule has 1 aromatic carbocycles. The largest absolute Gasteiger partial charge is 0.453 e. The summed E-state index contributed by atoms with van der Waals surface area (Å²) in [5.74, 6) is 0.517. The smallest absolute Gasteiger partial charge is 0.199 e. The highest BCUT2D eigenvalue weighted by molar-refractivity contribution is 5.98. The highest BCUT2D eigenvalue weighted by Crippen LogP contribution is 2.23. The summed E-state index contributed by atoms with van der Waals surface area (Å²) >= 11 is 0. The molecule has 96 valence electrons. The summed E-state index contributed by atoms with van der Waals surface area (Å²) in [5.41, 5.74) is 1.88. The minimum Gasteiger partial charge on any atom is -0.453 e. The van der Waals surface area contributed by atoms with E-state index in [9.17, 15) is 4.79 Å². The van der Waals surface area contributed by atoms with Gasteiger partial charge in [-0.25, -0.2) is 0 Å². The normalized spacial score (nSPS) is 11.3. The minimum atomic E-state index is 0.0544. The van der Waals surface area contributed by atoms with Gasteiger partial charge in [-0.2, -0.15) is 0 Å². The average Bonchev–Trinajstić information content (AvgIpc) is 2.74. The Morgan fingerprint density at radius 2 is 2.17 bits per heavy atom. The van der Waals surface area contributed by atoms with Crippen LogP contribution in [0.5, 0.6) is 0 Å². The lowest BCUT2D eigenvalue weighted by atomic mass is 10.1. The van der Waals surface area contributed by atoms with Crippen molar-refractivity contribution in [2.45, 2.75) is 33.2 Å². The van der Waals surface area contributed by atoms with Crippen LogP contribution in [-0.4, -0.2) is 18.4 Å². The Hall–Kier alpha value is -1.61. The molecule has 18 heavy (non-hydrogen) atoms. The predicted molar refractivity (Wildman–Crippen MR) is 73.0 cm³/mol. The van der Waals surface area contributed by atoms with Crippen molar-refractivity contribution in [3.05, 3.63) is 35.6 Å². The highest BCUT2D eigenvalue weighted by atomic mass is 16.3. The third-order valence-electron chi connectivity index (χ3n) is 2.92. The van der Waals surface area contributed by atoms with Gasteiger partial charge >= 0.3 is 0 Å². The van der Waals surface area contributed by atoms with Crippen LogP contribution in [0, 0.1) is 6.92 Å². The van der Waals surface area contributed by atoms with E-state index in [4.69, 9.17) is 4.42 Å². The van der Waals surface area contributed by atoms with Crippen molar-refractivity contribution >= 4 is 16.8 Å². The van der Waals surface area contributed by atoms with Crippen LogP contribution in [0.25, 0.3) is 11.0 Å². The SMILES string of the molecule is Cc1cccc2cc(C(=O)CCNC(C)C)oc12. The first-order valence-electron chi connectivity index (χ1n) is 6.33. The van der Waals surface area contributed by atoms with Crippen molar-refractivity contribution in [3.63, 3.8) is 0 Å². The third-order valence-corrected chi connectivity index (χ3v) is 2.92. The maximum Gasteiger partial charge on any atom is 0.199 e. The third kappa shape index (κ3) is 2.79. The molecule has 1 N–H and O–H groups in total. The Morgan fingerprint density at radius 1 is 1.39 bits per heavy atom. The van der Waals surface area contributed by atoms with Gasteiger partial charge in [-0.1, -0.05) is 32.0 Å². The van der Waals surface area contributed by atoms with E-state index in [0.29, 0.717) is 24.8 Å². The number of furan rings is 1. The Kier molecular flexibility index (Phi) is 3.82. The van der Waals surface area contributed by atoms with Crippen LogP contribution < -0.4 is 5.32 Å². The van der Waals surface area contributed by atoms with Crippen molar-refractivity contribution in [3.8, 4) is 0 Å². The Labute approximate surface area is 107 Å². The Bertz CT molecular complexity index is 555. The van der Waals surface area contributed by atoms with Crippen LogP contribution in [0.4, 0.5) is 0 Å². The van der Waals surface area contributed by atoms with Crippen LogP contribution in [0.15, 0.2) is 28.7 Å². The highest BCUT2D eigenvalue weighted by Gasteiger charge is 2.12. The summed E-state index contributed by atoms with van der Waals surface area (Å²) in [5, 5.41) is 4.22. The Balaban J connectivity index is 2.11. The molecular weight excluding hydrogens is 226 g/mol. The fraction of sp³-hybridized carbons (Fsp3) is 0.400. The number of ketones is 1. The molecule has 3 nitrogen and oxygen atoms in total. The first-order chi connectivity index (χ1) is 8.58. The number of rotatable bonds is 5. The van der Waals surface area contributed by atoms with Crippen LogP contribution in [0.2, 0.25) is 0 Å². The second-order valence-corrected chi connectivity index (χ2v) is 4.89. The molecule has 0 aliphatic heterocycles. The molecule has 1 aromatic heterocycles. The first-order valence-corrected chi connectivity index (χ1v) is 6.33. The summed E-state index contributed by atoms with van der Waals surface area (Å²) in [6.07, 6.45) is 0.469. The van der Waals surface area contributed by atoms with Gasteiger partial charge in [-0.15, -0.1) is 0 Å². The molecule has 3 heteroatoms. The Morgan fingerprint density at radius 3 is 2.83 bits per heavy atom. The van der Waals surface area contributed by atoms with Gasteiger partial charge < -0.3 is 9.73 Å². The number of benzene rings is 1. The average molecular weight is 245 g/mol. The van der Waals surface area contributed by atoms with Gasteiger partial charge in [-0.05, 0) is 18.6 Å². The fourth-order valence-corrected chi connectivity index (χ4v) is 1.94. The first kappa shape index (κ1) is 12.8. The summed E-state index contributed by atoms with van der Waals surface area (Å²) in [7, 11) is 0. The van der Waals surface area contributed by atoms with Gasteiger partial charge in [0.15, 0.2) is 11.5 Å². The van der Waals surface area contributed by atoms with Crippen molar-refractivity contribution in [1.82, 2.24) is 5.32 Å². The molecule has 1 heterocycles. The molecule has 2 aromatic rings. The van der Waals surface area contributed by atoms with Gasteiger partial charge in [0.1, 0.15) is 5.58 Å². The summed E-state index contributed by atoms with van der Waals surface area (Å²) in [6.45, 7) is 6.80. The van der Waals surface area contributed by atoms with Crippen molar-refractivity contribution in [2.24, 2.45) is 0 Å². The van der Waals surface area contributed by atoms with Gasteiger partial charge in [0, 0.05) is 24.4 Å². The molecule has 0 saturated heterocycles. The van der Waals surface area contributed by atoms with E-state index in [2.05, 4.69) is 19.2 Å². The van der Waals surface area contributed by atoms with Gasteiger partial charge in [0.25, 0.3) is 0 Å². The van der Waals surface area contributed by atoms with Crippen LogP contribution in [-0.2, 0) is 0 Å². The lowest BCUT2D eigenvalue weighted by Crippen LogP contribution is -2.25. The number of para-hydroxylation sites is 1. The van der Waals surface area contributed by atoms with E-state index < -0.39 is 0 Å². The fourth-order valence-electron chi connectivity index (χ4n) is 1.94. The molecule has 0 saturated carbocycles. The summed E-state index contributed by atoms with van der Waals surface area (Å²) < 4.78 is 5.64. The molecule has 0 unspecified atom stereocenters. The topological polar surface area (TPSA) is 42.2 Å². The number of nitrogens with one attached hydrogen (secondary N) is 1. The van der Waals surface area contributed by atoms with Crippen LogP contribution >= 0.6 is 0 Å². The summed E-state index contributed by atoms with van der Waals surface area (Å²) in [4.78, 5) is 12.0. The zero-order valence-electron chi connectivity index (χ0n) is 11.1. The van der Waals surface area contributed by atoms with Crippen LogP contribution in [0.3, 0.4) is 0 Å². The van der Waals surface area contributed by atoms with Crippen LogP contribution in [0.1, 0.15) is 36.4 Å². The summed E-state index contributed by atoms with van der Waals surface area (Å²) in [6, 6.07) is 8.16. The van der Waals surface area contributed by atoms with Gasteiger partial charge in [0.2, 0.25) is 0 Å². The molecule has 0 bridgehead atoms. The number of hydrogen-bond donors (Lipinski definition) is 1. The quantitative estimate of drug-likeness (QED) is 0.822. The van der Waals surface area contributed by atoms with E-state index >= 15 is 0 Å². The molecule has 0 atom stereocenters. The van der Waals surface area contributed by atoms with Crippen molar-refractivity contribution in [1.29, 1.82) is 0 Å². The van der Waals surface area contributed by atoms with E-state index in [1.165, 1.54) is 0 Å². The van der Waals surface area contributed by atoms with E-state index in [0.717, 1.165) is 16.5 Å². The van der Waals surface area contributed by atoms with Crippen molar-refractivity contribution in [2.75, 3.05) is 6.54 Å². The standard InChI is InChI=1S/C15H19NO2/c1-10(2)16-8-7-13(17)14-9-12-6-4-5-11(3)15(12)18-14/h4-6,9-10,16H,7-8H2,1-3H3. The molecule has 0 spiro atoms. The lowest BCUT2D eigenvalue weighted by Gasteiger charge is -2.05. The van der Waals surface area contributed by atoms with Gasteiger partial charge in [0.05, 0.1) is 0 Å². The number of carbonyl (C=O) groups is 1. The zero-order chi connectivity index (χ0) is 13.1. The minimum absolute atomic E-state index is 0.0544. The second-order valence-electron chi connectivity index (χ2n) is 4.89. The van der Waals surface area contributed by atoms with E-state index in [1.54, 1.807) is 0 Å². The predicted octanol–water partition coefficient (Wildman–Crippen LogP) is 3.31. The van der Waals surface area contributed by atoms with Crippen molar-refractivity contribution < 1.29 is 9.21 Å². The molecule has 0 fully saturated rings. The molecule has 0 amide bonds. The lowest BCUT2D eigenvalue weighted by molar-refractivity contribution is 0.0957. The number of aryl methyl sites for hydroxylation is 1. The van der Waals surface area contributed by atoms with E-state index in [1.807, 2.05) is 31.2 Å². The molecule has 0 radical (unpaired) electrons. The second kappa shape index (κ2) is 5.36. The number of carbonyl (C=O) groups excluding carboxylic acids is 1. The molecule has 0 aliphatic carbocycles. The maximum absolute atomic E-state index is 12.0. The maximum atomic E-state index is 12.0. The number of hydrogen-bond acceptors (Lipinski definition) is 3. The van der Waals surface area contributed by atoms with Gasteiger partial charge in [-0.3, -0.25) is 4.79 Å². The molecule has 2 rings (SSSR count). The monoisotopic (exact) mass is 245 g/mol. The van der Waals surface area contributed by atoms with E-state index in [-0.39, 0.29) is 5.78 Å². The number of Topliss-reactive ketones (excluding diaryl/α,β-unsaturated/α-hetero) is 1.